The number of aryl methyl sites for hydroxylation is 1. The summed E-state index contributed by atoms with van der Waals surface area (Å²) in [5.41, 5.74) is 1.04. The van der Waals surface area contributed by atoms with Crippen LogP contribution in [0.1, 0.15) is 63.8 Å². The van der Waals surface area contributed by atoms with Gasteiger partial charge in [-0.05, 0) is 38.5 Å². The average molecular weight is 291 g/mol. The normalized spacial score (nSPS) is 15.4. The smallest absolute Gasteiger partial charge is 0.221 e. The molecule has 1 N–H and O–H groups in total. The third kappa shape index (κ3) is 4.58. The van der Waals surface area contributed by atoms with Crippen LogP contribution in [0.3, 0.4) is 0 Å². The maximum atomic E-state index is 6.04. The third-order valence-electron chi connectivity index (χ3n) is 4.09. The molecule has 1 fully saturated rings. The first-order valence-corrected chi connectivity index (χ1v) is 8.48. The first kappa shape index (κ1) is 16.1. The lowest BCUT2D eigenvalue weighted by Crippen LogP contribution is -2.13. The van der Waals surface area contributed by atoms with Crippen molar-refractivity contribution >= 4 is 5.82 Å². The largest absolute Gasteiger partial charge is 0.477 e. The predicted molar refractivity (Wildman–Crippen MR) is 87.0 cm³/mol. The van der Waals surface area contributed by atoms with Crippen molar-refractivity contribution in [3.8, 4) is 5.88 Å². The van der Waals surface area contributed by atoms with Crippen LogP contribution in [-0.4, -0.2) is 23.1 Å². The van der Waals surface area contributed by atoms with Crippen LogP contribution < -0.4 is 10.1 Å². The van der Waals surface area contributed by atoms with Crippen molar-refractivity contribution < 1.29 is 4.74 Å². The minimum absolute atomic E-state index is 0.709. The summed E-state index contributed by atoms with van der Waals surface area (Å²) in [5, 5.41) is 3.40. The fourth-order valence-electron chi connectivity index (χ4n) is 2.81. The van der Waals surface area contributed by atoms with Crippen molar-refractivity contribution in [2.24, 2.45) is 5.92 Å². The van der Waals surface area contributed by atoms with E-state index in [0.29, 0.717) is 5.92 Å². The van der Waals surface area contributed by atoms with E-state index in [1.807, 2.05) is 0 Å². The first-order valence-electron chi connectivity index (χ1n) is 8.48. The van der Waals surface area contributed by atoms with Crippen LogP contribution in [0.25, 0.3) is 0 Å². The molecule has 0 atom stereocenters. The maximum Gasteiger partial charge on any atom is 0.221 e. The van der Waals surface area contributed by atoms with Crippen molar-refractivity contribution in [1.29, 1.82) is 0 Å². The van der Waals surface area contributed by atoms with E-state index in [9.17, 15) is 0 Å². The molecular weight excluding hydrogens is 262 g/mol. The van der Waals surface area contributed by atoms with Crippen LogP contribution in [0, 0.1) is 12.8 Å². The Labute approximate surface area is 128 Å². The Bertz CT molecular complexity index is 442. The highest BCUT2D eigenvalue weighted by Crippen LogP contribution is 2.27. The minimum atomic E-state index is 0.709. The molecule has 1 heterocycles. The van der Waals surface area contributed by atoms with Crippen molar-refractivity contribution in [2.45, 2.75) is 65.7 Å². The molecule has 0 aromatic carbocycles. The van der Waals surface area contributed by atoms with Crippen molar-refractivity contribution in [1.82, 2.24) is 9.97 Å². The molecule has 1 aliphatic carbocycles. The number of anilines is 1. The van der Waals surface area contributed by atoms with Gasteiger partial charge in [0, 0.05) is 13.0 Å². The highest BCUT2D eigenvalue weighted by atomic mass is 16.5. The molecule has 21 heavy (non-hydrogen) atoms. The predicted octanol–water partition coefficient (Wildman–Crippen LogP) is 4.13. The topological polar surface area (TPSA) is 47.0 Å². The Balaban J connectivity index is 2.10. The highest BCUT2D eigenvalue weighted by Gasteiger charge is 2.18. The van der Waals surface area contributed by atoms with E-state index in [0.717, 1.165) is 55.5 Å². The number of hydrogen-bond acceptors (Lipinski definition) is 4. The average Bonchev–Trinajstić information content (AvgIpc) is 2.99. The van der Waals surface area contributed by atoms with Gasteiger partial charge in [0.2, 0.25) is 5.88 Å². The van der Waals surface area contributed by atoms with Gasteiger partial charge < -0.3 is 10.1 Å². The van der Waals surface area contributed by atoms with Crippen molar-refractivity contribution in [3.63, 3.8) is 0 Å². The fraction of sp³-hybridized carbons (Fsp3) is 0.765. The van der Waals surface area contributed by atoms with Gasteiger partial charge in [-0.1, -0.05) is 26.7 Å². The van der Waals surface area contributed by atoms with Crippen LogP contribution in [0.4, 0.5) is 5.82 Å². The van der Waals surface area contributed by atoms with E-state index in [1.54, 1.807) is 0 Å². The number of nitrogens with one attached hydrogen (secondary N) is 1. The van der Waals surface area contributed by atoms with E-state index >= 15 is 0 Å². The van der Waals surface area contributed by atoms with Gasteiger partial charge in [-0.25, -0.2) is 4.98 Å². The zero-order valence-corrected chi connectivity index (χ0v) is 13.7. The van der Waals surface area contributed by atoms with Gasteiger partial charge in [0.15, 0.2) is 0 Å². The summed E-state index contributed by atoms with van der Waals surface area (Å²) in [6.45, 7) is 8.11. The molecule has 118 valence electrons. The lowest BCUT2D eigenvalue weighted by Gasteiger charge is -2.16. The molecule has 2 rings (SSSR count). The zero-order chi connectivity index (χ0) is 15.1. The van der Waals surface area contributed by atoms with Gasteiger partial charge in [-0.15, -0.1) is 0 Å². The number of hydrogen-bond donors (Lipinski definition) is 1. The molecule has 0 radical (unpaired) electrons. The Morgan fingerprint density at radius 2 is 1.90 bits per heavy atom. The minimum Gasteiger partial charge on any atom is -0.477 e. The molecule has 1 saturated carbocycles. The summed E-state index contributed by atoms with van der Waals surface area (Å²) >= 11 is 0. The second-order valence-corrected chi connectivity index (χ2v) is 6.06. The van der Waals surface area contributed by atoms with E-state index < -0.39 is 0 Å². The monoisotopic (exact) mass is 291 g/mol. The lowest BCUT2D eigenvalue weighted by atomic mass is 10.1. The Kier molecular flexibility index (Phi) is 6.27. The molecule has 4 nitrogen and oxygen atoms in total. The number of aromatic nitrogens is 2. The molecule has 0 bridgehead atoms. The van der Waals surface area contributed by atoms with E-state index in [2.05, 4.69) is 36.1 Å². The second kappa shape index (κ2) is 8.20. The molecule has 1 aromatic heterocycles. The summed E-state index contributed by atoms with van der Waals surface area (Å²) in [6.07, 6.45) is 8.34. The SMILES string of the molecule is CCCNc1nc(CCC)nc(OCC2CCCC2)c1C. The number of rotatable bonds is 8. The van der Waals surface area contributed by atoms with Gasteiger partial charge in [0.25, 0.3) is 0 Å². The van der Waals surface area contributed by atoms with Crippen LogP contribution in [0.2, 0.25) is 0 Å². The second-order valence-electron chi connectivity index (χ2n) is 6.06. The van der Waals surface area contributed by atoms with Crippen molar-refractivity contribution in [3.05, 3.63) is 11.4 Å². The Hall–Kier alpha value is -1.32. The molecule has 0 spiro atoms. The molecule has 0 aliphatic heterocycles. The molecule has 1 aliphatic rings. The molecule has 1 aromatic rings. The van der Waals surface area contributed by atoms with Gasteiger partial charge in [-0.3, -0.25) is 0 Å². The summed E-state index contributed by atoms with van der Waals surface area (Å²) in [4.78, 5) is 9.26. The zero-order valence-electron chi connectivity index (χ0n) is 13.7. The Morgan fingerprint density at radius 1 is 1.14 bits per heavy atom. The van der Waals surface area contributed by atoms with Crippen molar-refractivity contribution in [2.75, 3.05) is 18.5 Å². The van der Waals surface area contributed by atoms with Crippen LogP contribution in [-0.2, 0) is 6.42 Å². The first-order chi connectivity index (χ1) is 10.2. The van der Waals surface area contributed by atoms with E-state index in [1.165, 1.54) is 25.7 Å². The van der Waals surface area contributed by atoms with Gasteiger partial charge in [0.05, 0.1) is 12.2 Å². The van der Waals surface area contributed by atoms with E-state index in [-0.39, 0.29) is 0 Å². The number of nitrogens with zero attached hydrogens (tertiary/aromatic N) is 2. The molecule has 0 amide bonds. The summed E-state index contributed by atoms with van der Waals surface area (Å²) in [5.74, 6) is 3.32. The van der Waals surface area contributed by atoms with Gasteiger partial charge >= 0.3 is 0 Å². The van der Waals surface area contributed by atoms with Gasteiger partial charge in [-0.2, -0.15) is 4.98 Å². The fourth-order valence-corrected chi connectivity index (χ4v) is 2.81. The maximum absolute atomic E-state index is 6.04. The van der Waals surface area contributed by atoms with Crippen LogP contribution >= 0.6 is 0 Å². The van der Waals surface area contributed by atoms with Crippen LogP contribution in [0.15, 0.2) is 0 Å². The quantitative estimate of drug-likeness (QED) is 0.782. The molecular formula is C17H29N3O. The van der Waals surface area contributed by atoms with Crippen LogP contribution in [0.5, 0.6) is 5.88 Å². The highest BCUT2D eigenvalue weighted by molar-refractivity contribution is 5.48. The summed E-state index contributed by atoms with van der Waals surface area (Å²) in [7, 11) is 0. The third-order valence-corrected chi connectivity index (χ3v) is 4.09. The van der Waals surface area contributed by atoms with E-state index in [4.69, 9.17) is 4.74 Å². The number of ether oxygens (including phenoxy) is 1. The molecule has 0 unspecified atom stereocenters. The molecule has 4 heteroatoms. The molecule has 0 saturated heterocycles. The lowest BCUT2D eigenvalue weighted by molar-refractivity contribution is 0.241. The summed E-state index contributed by atoms with van der Waals surface area (Å²) < 4.78 is 6.04. The standard InChI is InChI=1S/C17H29N3O/c1-4-8-15-19-16(18-11-5-2)13(3)17(20-15)21-12-14-9-6-7-10-14/h14H,4-12H2,1-3H3,(H,18,19,20). The van der Waals surface area contributed by atoms with Gasteiger partial charge in [0.1, 0.15) is 11.6 Å². The summed E-state index contributed by atoms with van der Waals surface area (Å²) in [6, 6.07) is 0. The Morgan fingerprint density at radius 3 is 2.57 bits per heavy atom.